The highest BCUT2D eigenvalue weighted by Gasteiger charge is 2.65. The summed E-state index contributed by atoms with van der Waals surface area (Å²) >= 11 is 0. The summed E-state index contributed by atoms with van der Waals surface area (Å²) in [4.78, 5) is 31.6. The molecule has 0 amide bonds. The number of hydrogen-bond acceptors (Lipinski definition) is 5. The van der Waals surface area contributed by atoms with Crippen molar-refractivity contribution in [3.63, 3.8) is 0 Å². The fraction of sp³-hybridized carbons (Fsp3) is 0.0625. The lowest BCUT2D eigenvalue weighted by atomic mass is 10.1. The summed E-state index contributed by atoms with van der Waals surface area (Å²) in [5, 5.41) is 0. The highest BCUT2D eigenvalue weighted by atomic mass is 32.5. The fourth-order valence-corrected chi connectivity index (χ4v) is 2.52. The zero-order valence-electron chi connectivity index (χ0n) is 13.2. The molecule has 0 aliphatic rings. The predicted octanol–water partition coefficient (Wildman–Crippen LogP) is 4.92. The van der Waals surface area contributed by atoms with Gasteiger partial charge in [-0.2, -0.15) is 0 Å². The summed E-state index contributed by atoms with van der Waals surface area (Å²) in [6.07, 6.45) is 0.549. The van der Waals surface area contributed by atoms with Crippen LogP contribution in [-0.4, -0.2) is 24.8 Å². The van der Waals surface area contributed by atoms with Gasteiger partial charge in [-0.25, -0.2) is 9.59 Å². The van der Waals surface area contributed by atoms with Crippen LogP contribution in [0, 0.1) is 0 Å². The first-order chi connectivity index (χ1) is 12.3. The van der Waals surface area contributed by atoms with Gasteiger partial charge in [-0.1, -0.05) is 37.6 Å². The SMILES string of the molecule is O=Cc1ccc(C(=O)OCC(=O)Oc2cccc(S(F)(F)(F)(F)F)c2)cc1. The molecule has 27 heavy (non-hydrogen) atoms. The Labute approximate surface area is 149 Å². The van der Waals surface area contributed by atoms with Gasteiger partial charge in [0.15, 0.2) is 6.61 Å². The summed E-state index contributed by atoms with van der Waals surface area (Å²) in [7, 11) is -9.92. The number of benzene rings is 2. The van der Waals surface area contributed by atoms with E-state index in [1.165, 1.54) is 24.3 Å². The minimum Gasteiger partial charge on any atom is -0.450 e. The monoisotopic (exact) mass is 410 g/mol. The number of hydrogen-bond donors (Lipinski definition) is 0. The minimum atomic E-state index is -9.92. The molecule has 2 aromatic rings. The standard InChI is InChI=1S/C16H11F5O5S/c17-27(18,19,20,21)14-3-1-2-13(8-14)26-15(23)10-25-16(24)12-6-4-11(9-22)5-7-12/h1-9H,10H2. The van der Waals surface area contributed by atoms with Gasteiger partial charge in [-0.3, -0.25) is 4.79 Å². The van der Waals surface area contributed by atoms with Crippen LogP contribution in [0.3, 0.4) is 0 Å². The molecule has 0 atom stereocenters. The molecule has 0 heterocycles. The van der Waals surface area contributed by atoms with Crippen LogP contribution in [-0.2, 0) is 9.53 Å². The molecule has 0 aliphatic heterocycles. The zero-order valence-corrected chi connectivity index (χ0v) is 14.1. The van der Waals surface area contributed by atoms with E-state index in [0.29, 0.717) is 17.9 Å². The average molecular weight is 410 g/mol. The molecule has 11 heteroatoms. The number of carbonyl (C=O) groups is 3. The molecule has 0 saturated heterocycles. The van der Waals surface area contributed by atoms with Gasteiger partial charge in [0.1, 0.15) is 16.9 Å². The van der Waals surface area contributed by atoms with Crippen molar-refractivity contribution in [3.05, 3.63) is 59.7 Å². The van der Waals surface area contributed by atoms with Crippen molar-refractivity contribution >= 4 is 28.4 Å². The van der Waals surface area contributed by atoms with E-state index in [1.54, 1.807) is 0 Å². The van der Waals surface area contributed by atoms with Crippen LogP contribution in [0.25, 0.3) is 0 Å². The minimum absolute atomic E-state index is 0.0105. The Bertz CT molecular complexity index is 894. The van der Waals surface area contributed by atoms with E-state index in [4.69, 9.17) is 0 Å². The number of carbonyl (C=O) groups excluding carboxylic acids is 3. The Kier molecular flexibility index (Phi) is 4.78. The van der Waals surface area contributed by atoms with Crippen molar-refractivity contribution in [2.45, 2.75) is 4.90 Å². The van der Waals surface area contributed by atoms with E-state index < -0.39 is 39.4 Å². The van der Waals surface area contributed by atoms with Gasteiger partial charge in [0.05, 0.1) is 5.56 Å². The number of aldehydes is 1. The molecule has 0 bridgehead atoms. The number of ether oxygens (including phenoxy) is 2. The van der Waals surface area contributed by atoms with Gasteiger partial charge >= 0.3 is 22.2 Å². The van der Waals surface area contributed by atoms with E-state index in [9.17, 15) is 33.8 Å². The zero-order chi connectivity index (χ0) is 20.4. The molecule has 0 N–H and O–H groups in total. The predicted molar refractivity (Wildman–Crippen MR) is 85.6 cm³/mol. The summed E-state index contributed by atoms with van der Waals surface area (Å²) in [5.41, 5.74) is 0.311. The van der Waals surface area contributed by atoms with Crippen LogP contribution in [0.2, 0.25) is 0 Å². The van der Waals surface area contributed by atoms with Crippen molar-refractivity contribution in [1.29, 1.82) is 0 Å². The van der Waals surface area contributed by atoms with Gasteiger partial charge in [-0.15, -0.1) is 0 Å². The first-order valence-electron chi connectivity index (χ1n) is 7.06. The Hall–Kier alpha value is -2.95. The number of rotatable bonds is 6. The molecule has 0 spiro atoms. The Balaban J connectivity index is 2.00. The highest BCUT2D eigenvalue weighted by molar-refractivity contribution is 8.45. The van der Waals surface area contributed by atoms with E-state index in [2.05, 4.69) is 9.47 Å². The van der Waals surface area contributed by atoms with E-state index in [0.717, 1.165) is 6.07 Å². The summed E-state index contributed by atoms with van der Waals surface area (Å²) in [5.74, 6) is -3.01. The third-order valence-corrected chi connectivity index (χ3v) is 4.23. The molecular weight excluding hydrogens is 399 g/mol. The Morgan fingerprint density at radius 2 is 1.59 bits per heavy atom. The van der Waals surface area contributed by atoms with Crippen molar-refractivity contribution in [2.24, 2.45) is 0 Å². The van der Waals surface area contributed by atoms with Crippen LogP contribution >= 0.6 is 10.2 Å². The van der Waals surface area contributed by atoms with Crippen molar-refractivity contribution in [1.82, 2.24) is 0 Å². The quantitative estimate of drug-likeness (QED) is 0.293. The average Bonchev–Trinajstić information content (AvgIpc) is 2.58. The molecule has 0 aromatic heterocycles. The lowest BCUT2D eigenvalue weighted by Gasteiger charge is -2.40. The van der Waals surface area contributed by atoms with Crippen LogP contribution in [0.15, 0.2) is 53.4 Å². The first kappa shape index (κ1) is 20.4. The smallest absolute Gasteiger partial charge is 0.349 e. The lowest BCUT2D eigenvalue weighted by Crippen LogP contribution is -2.19. The van der Waals surface area contributed by atoms with E-state index in [-0.39, 0.29) is 17.7 Å². The number of halogens is 5. The molecule has 0 unspecified atom stereocenters. The van der Waals surface area contributed by atoms with Crippen LogP contribution in [0.1, 0.15) is 20.7 Å². The van der Waals surface area contributed by atoms with Crippen molar-refractivity contribution in [3.8, 4) is 5.75 Å². The molecule has 2 rings (SSSR count). The highest BCUT2D eigenvalue weighted by Crippen LogP contribution is 3.02. The fourth-order valence-electron chi connectivity index (χ4n) is 1.84. The van der Waals surface area contributed by atoms with E-state index >= 15 is 0 Å². The van der Waals surface area contributed by atoms with Crippen LogP contribution in [0.5, 0.6) is 5.75 Å². The summed E-state index contributed by atoms with van der Waals surface area (Å²) < 4.78 is 72.7. The molecule has 0 radical (unpaired) electrons. The van der Waals surface area contributed by atoms with Crippen molar-refractivity contribution in [2.75, 3.05) is 6.61 Å². The molecule has 5 nitrogen and oxygen atoms in total. The molecule has 0 aliphatic carbocycles. The second-order valence-corrected chi connectivity index (χ2v) is 7.64. The van der Waals surface area contributed by atoms with Gasteiger partial charge in [0.25, 0.3) is 0 Å². The van der Waals surface area contributed by atoms with Gasteiger partial charge in [0.2, 0.25) is 0 Å². The first-order valence-corrected chi connectivity index (χ1v) is 9.01. The lowest BCUT2D eigenvalue weighted by molar-refractivity contribution is -0.137. The largest absolute Gasteiger partial charge is 0.450 e. The van der Waals surface area contributed by atoms with Crippen LogP contribution < -0.4 is 4.74 Å². The van der Waals surface area contributed by atoms with Gasteiger partial charge in [0, 0.05) is 11.6 Å². The van der Waals surface area contributed by atoms with E-state index in [1.807, 2.05) is 0 Å². The molecule has 0 fully saturated rings. The number of esters is 2. The summed E-state index contributed by atoms with van der Waals surface area (Å²) in [6.45, 7) is -0.963. The van der Waals surface area contributed by atoms with Crippen molar-refractivity contribution < 1.29 is 43.3 Å². The molecule has 0 saturated carbocycles. The molecule has 2 aromatic carbocycles. The normalized spacial score (nSPS) is 13.8. The summed E-state index contributed by atoms with van der Waals surface area (Å²) in [6, 6.07) is 6.83. The maximum atomic E-state index is 12.7. The molecular formula is C16H11F5O5S. The third-order valence-electron chi connectivity index (χ3n) is 3.09. The maximum absolute atomic E-state index is 12.7. The van der Waals surface area contributed by atoms with Crippen LogP contribution in [0.4, 0.5) is 19.4 Å². The second kappa shape index (κ2) is 6.34. The third kappa shape index (κ3) is 5.78. The molecule has 146 valence electrons. The second-order valence-electron chi connectivity index (χ2n) is 5.23. The van der Waals surface area contributed by atoms with Gasteiger partial charge < -0.3 is 9.47 Å². The van der Waals surface area contributed by atoms with Gasteiger partial charge in [-0.05, 0) is 24.3 Å². The Morgan fingerprint density at radius 3 is 2.15 bits per heavy atom. The Morgan fingerprint density at radius 1 is 0.963 bits per heavy atom. The maximum Gasteiger partial charge on any atom is 0.349 e. The topological polar surface area (TPSA) is 69.7 Å².